The molecule has 4 atom stereocenters. The van der Waals surface area contributed by atoms with E-state index in [0.29, 0.717) is 11.8 Å². The van der Waals surface area contributed by atoms with E-state index in [4.69, 9.17) is 9.47 Å². The summed E-state index contributed by atoms with van der Waals surface area (Å²) in [6, 6.07) is 0. The Balaban J connectivity index is 1.21. The number of allylic oxidation sites excluding steroid dienone is 2. The third-order valence-corrected chi connectivity index (χ3v) is 9.09. The first-order chi connectivity index (χ1) is 13.4. The zero-order valence-corrected chi connectivity index (χ0v) is 17.3. The van der Waals surface area contributed by atoms with Gasteiger partial charge in [-0.3, -0.25) is 4.79 Å². The van der Waals surface area contributed by atoms with Crippen molar-refractivity contribution in [1.29, 1.82) is 0 Å². The van der Waals surface area contributed by atoms with Crippen LogP contribution in [-0.4, -0.2) is 24.1 Å². The number of rotatable bonds is 6. The molecule has 0 heterocycles. The van der Waals surface area contributed by atoms with Crippen LogP contribution in [0, 0.1) is 40.9 Å². The minimum atomic E-state index is -0.443. The SMILES string of the molecule is CCC(C)(OC(=O)COC(=O)C1CC2C=CC1C2)C12CC3CC(CC(C3)C1)C2. The fourth-order valence-electron chi connectivity index (χ4n) is 7.88. The van der Waals surface area contributed by atoms with Crippen LogP contribution in [0.25, 0.3) is 0 Å². The number of fused-ring (bicyclic) bond motifs is 2. The van der Waals surface area contributed by atoms with E-state index in [0.717, 1.165) is 37.0 Å². The van der Waals surface area contributed by atoms with Crippen LogP contribution in [0.2, 0.25) is 0 Å². The van der Waals surface area contributed by atoms with Crippen molar-refractivity contribution in [2.75, 3.05) is 6.61 Å². The maximum Gasteiger partial charge on any atom is 0.344 e. The van der Waals surface area contributed by atoms with Crippen LogP contribution in [0.15, 0.2) is 12.2 Å². The van der Waals surface area contributed by atoms with E-state index in [1.165, 1.54) is 38.5 Å². The molecule has 0 radical (unpaired) electrons. The lowest BCUT2D eigenvalue weighted by Crippen LogP contribution is -2.58. The molecule has 4 nitrogen and oxygen atoms in total. The molecule has 4 unspecified atom stereocenters. The highest BCUT2D eigenvalue weighted by Crippen LogP contribution is 2.65. The Bertz CT molecular complexity index is 659. The smallest absolute Gasteiger partial charge is 0.344 e. The molecule has 6 rings (SSSR count). The normalized spacial score (nSPS) is 44.5. The van der Waals surface area contributed by atoms with Gasteiger partial charge in [-0.2, -0.15) is 0 Å². The van der Waals surface area contributed by atoms with Crippen LogP contribution < -0.4 is 0 Å². The van der Waals surface area contributed by atoms with Crippen LogP contribution in [0.1, 0.15) is 71.6 Å². The van der Waals surface area contributed by atoms with Crippen LogP contribution in [0.4, 0.5) is 0 Å². The first-order valence-corrected chi connectivity index (χ1v) is 11.5. The molecule has 0 aromatic heterocycles. The zero-order valence-electron chi connectivity index (χ0n) is 17.3. The Hall–Kier alpha value is -1.32. The second-order valence-corrected chi connectivity index (χ2v) is 10.8. The molecule has 0 N–H and O–H groups in total. The molecule has 0 aromatic rings. The van der Waals surface area contributed by atoms with Gasteiger partial charge in [-0.15, -0.1) is 0 Å². The third-order valence-electron chi connectivity index (χ3n) is 9.09. The molecule has 0 aliphatic heterocycles. The lowest BCUT2D eigenvalue weighted by molar-refractivity contribution is -0.209. The van der Waals surface area contributed by atoms with Crippen LogP contribution in [0.3, 0.4) is 0 Å². The molecule has 154 valence electrons. The van der Waals surface area contributed by atoms with E-state index >= 15 is 0 Å². The summed E-state index contributed by atoms with van der Waals surface area (Å²) in [5, 5.41) is 0. The van der Waals surface area contributed by atoms with E-state index in [2.05, 4.69) is 26.0 Å². The summed E-state index contributed by atoms with van der Waals surface area (Å²) in [7, 11) is 0. The highest BCUT2D eigenvalue weighted by atomic mass is 16.6. The summed E-state index contributed by atoms with van der Waals surface area (Å²) in [6.45, 7) is 4.04. The molecule has 6 aliphatic rings. The number of carbonyl (C=O) groups is 2. The molecular formula is C24H34O4. The highest BCUT2D eigenvalue weighted by Gasteiger charge is 2.59. The Morgan fingerprint density at radius 2 is 1.64 bits per heavy atom. The van der Waals surface area contributed by atoms with Gasteiger partial charge < -0.3 is 9.47 Å². The summed E-state index contributed by atoms with van der Waals surface area (Å²) in [4.78, 5) is 25.1. The van der Waals surface area contributed by atoms with Gasteiger partial charge in [-0.25, -0.2) is 4.79 Å². The molecule has 0 aromatic carbocycles. The highest BCUT2D eigenvalue weighted by molar-refractivity contribution is 5.78. The Morgan fingerprint density at radius 3 is 2.14 bits per heavy atom. The van der Waals surface area contributed by atoms with E-state index in [9.17, 15) is 9.59 Å². The lowest BCUT2D eigenvalue weighted by Gasteiger charge is -2.62. The van der Waals surface area contributed by atoms with Gasteiger partial charge in [-0.1, -0.05) is 19.1 Å². The summed E-state index contributed by atoms with van der Waals surface area (Å²) >= 11 is 0. The van der Waals surface area contributed by atoms with Gasteiger partial charge in [0.1, 0.15) is 5.60 Å². The van der Waals surface area contributed by atoms with Crippen molar-refractivity contribution in [3.05, 3.63) is 12.2 Å². The third kappa shape index (κ3) is 2.93. The summed E-state index contributed by atoms with van der Waals surface area (Å²) in [5.41, 5.74) is -0.312. The van der Waals surface area contributed by atoms with Crippen molar-refractivity contribution < 1.29 is 19.1 Å². The molecule has 0 spiro atoms. The van der Waals surface area contributed by atoms with E-state index in [1.54, 1.807) is 0 Å². The molecule has 6 aliphatic carbocycles. The van der Waals surface area contributed by atoms with Crippen LogP contribution >= 0.6 is 0 Å². The largest absolute Gasteiger partial charge is 0.456 e. The van der Waals surface area contributed by atoms with E-state index in [1.807, 2.05) is 0 Å². The second-order valence-electron chi connectivity index (χ2n) is 10.8. The number of carbonyl (C=O) groups excluding carboxylic acids is 2. The monoisotopic (exact) mass is 386 g/mol. The Labute approximate surface area is 168 Å². The topological polar surface area (TPSA) is 52.6 Å². The molecule has 5 fully saturated rings. The van der Waals surface area contributed by atoms with E-state index in [-0.39, 0.29) is 29.9 Å². The van der Waals surface area contributed by atoms with Gasteiger partial charge in [-0.05, 0) is 94.3 Å². The number of ether oxygens (including phenoxy) is 2. The van der Waals surface area contributed by atoms with Crippen LogP contribution in [-0.2, 0) is 19.1 Å². The van der Waals surface area contributed by atoms with Crippen molar-refractivity contribution in [2.45, 2.75) is 77.2 Å². The number of hydrogen-bond donors (Lipinski definition) is 0. The first-order valence-electron chi connectivity index (χ1n) is 11.5. The van der Waals surface area contributed by atoms with Crippen molar-refractivity contribution in [2.24, 2.45) is 40.9 Å². The molecule has 28 heavy (non-hydrogen) atoms. The van der Waals surface area contributed by atoms with Gasteiger partial charge in [0, 0.05) is 5.41 Å². The van der Waals surface area contributed by atoms with Gasteiger partial charge in [0.15, 0.2) is 6.61 Å². The molecule has 6 bridgehead atoms. The van der Waals surface area contributed by atoms with Crippen molar-refractivity contribution in [3.8, 4) is 0 Å². The first kappa shape index (κ1) is 18.7. The molecule has 0 amide bonds. The van der Waals surface area contributed by atoms with Gasteiger partial charge in [0.25, 0.3) is 0 Å². The Kier molecular flexibility index (Phi) is 4.41. The van der Waals surface area contributed by atoms with E-state index < -0.39 is 5.60 Å². The summed E-state index contributed by atoms with van der Waals surface area (Å²) in [5.74, 6) is 2.63. The van der Waals surface area contributed by atoms with Gasteiger partial charge in [0.2, 0.25) is 0 Å². The minimum absolute atomic E-state index is 0.0662. The average molecular weight is 387 g/mol. The van der Waals surface area contributed by atoms with Crippen molar-refractivity contribution in [1.82, 2.24) is 0 Å². The molecular weight excluding hydrogens is 352 g/mol. The second kappa shape index (κ2) is 6.60. The van der Waals surface area contributed by atoms with Crippen molar-refractivity contribution in [3.63, 3.8) is 0 Å². The number of esters is 2. The minimum Gasteiger partial charge on any atom is -0.456 e. The predicted octanol–water partition coefficient (Wildman–Crippen LogP) is 4.67. The molecule has 5 saturated carbocycles. The van der Waals surface area contributed by atoms with Crippen molar-refractivity contribution >= 4 is 11.9 Å². The fourth-order valence-corrected chi connectivity index (χ4v) is 7.88. The Morgan fingerprint density at radius 1 is 1.00 bits per heavy atom. The maximum atomic E-state index is 12.7. The average Bonchev–Trinajstić information content (AvgIpc) is 3.28. The molecule has 0 saturated heterocycles. The van der Waals surface area contributed by atoms with Crippen LogP contribution in [0.5, 0.6) is 0 Å². The van der Waals surface area contributed by atoms with Gasteiger partial charge >= 0.3 is 11.9 Å². The lowest BCUT2D eigenvalue weighted by atomic mass is 9.45. The predicted molar refractivity (Wildman–Crippen MR) is 105 cm³/mol. The fraction of sp³-hybridized carbons (Fsp3) is 0.833. The quantitative estimate of drug-likeness (QED) is 0.492. The standard InChI is InChI=1S/C24H34O4/c1-3-23(2,24-11-16-6-17(12-24)8-18(7-16)13-24)28-21(25)14-27-22(26)20-10-15-4-5-19(20)9-15/h4-5,15-20H,3,6-14H2,1-2H3. The maximum absolute atomic E-state index is 12.7. The van der Waals surface area contributed by atoms with Gasteiger partial charge in [0.05, 0.1) is 5.92 Å². The summed E-state index contributed by atoms with van der Waals surface area (Å²) < 4.78 is 11.5. The zero-order chi connectivity index (χ0) is 19.5. The number of hydrogen-bond acceptors (Lipinski definition) is 4. The molecule has 4 heteroatoms. The summed E-state index contributed by atoms with van der Waals surface area (Å²) in [6.07, 6.45) is 14.8.